The Morgan fingerprint density at radius 3 is 2.14 bits per heavy atom. The van der Waals surface area contributed by atoms with E-state index in [0.717, 1.165) is 36.7 Å². The standard InChI is InChI=1S/C18H22O3/c1-3-4-14-19-15(2)20-17-10-12-18(13-11-17)21-16-8-6-5-7-9-16/h5-13,15H,3-4,14H2,1-2H3. The highest BCUT2D eigenvalue weighted by Crippen LogP contribution is 2.24. The Bertz CT molecular complexity index is 508. The smallest absolute Gasteiger partial charge is 0.196 e. The van der Waals surface area contributed by atoms with Crippen LogP contribution < -0.4 is 9.47 Å². The Balaban J connectivity index is 1.84. The third kappa shape index (κ3) is 5.48. The Morgan fingerprint density at radius 1 is 0.857 bits per heavy atom. The molecular weight excluding hydrogens is 264 g/mol. The fraction of sp³-hybridized carbons (Fsp3) is 0.333. The van der Waals surface area contributed by atoms with E-state index in [1.165, 1.54) is 0 Å². The summed E-state index contributed by atoms with van der Waals surface area (Å²) in [5.41, 5.74) is 0. The zero-order valence-corrected chi connectivity index (χ0v) is 12.6. The van der Waals surface area contributed by atoms with Crippen LogP contribution in [-0.4, -0.2) is 12.9 Å². The van der Waals surface area contributed by atoms with Gasteiger partial charge in [-0.05, 0) is 49.7 Å². The molecule has 2 aromatic rings. The highest BCUT2D eigenvalue weighted by atomic mass is 16.7. The lowest BCUT2D eigenvalue weighted by Gasteiger charge is -2.15. The van der Waals surface area contributed by atoms with Crippen molar-refractivity contribution >= 4 is 0 Å². The van der Waals surface area contributed by atoms with Gasteiger partial charge in [-0.15, -0.1) is 0 Å². The molecular formula is C18H22O3. The van der Waals surface area contributed by atoms with Crippen molar-refractivity contribution in [2.45, 2.75) is 33.0 Å². The molecule has 2 rings (SSSR count). The molecule has 0 spiro atoms. The molecule has 0 saturated heterocycles. The van der Waals surface area contributed by atoms with Gasteiger partial charge in [0, 0.05) is 0 Å². The number of rotatable bonds is 8. The molecule has 0 amide bonds. The van der Waals surface area contributed by atoms with Gasteiger partial charge in [-0.3, -0.25) is 0 Å². The van der Waals surface area contributed by atoms with E-state index in [4.69, 9.17) is 14.2 Å². The molecule has 0 N–H and O–H groups in total. The van der Waals surface area contributed by atoms with Crippen molar-refractivity contribution in [2.24, 2.45) is 0 Å². The predicted octanol–water partition coefficient (Wildman–Crippen LogP) is 5.02. The van der Waals surface area contributed by atoms with Gasteiger partial charge in [0.15, 0.2) is 6.29 Å². The minimum Gasteiger partial charge on any atom is -0.465 e. The maximum absolute atomic E-state index is 5.73. The fourth-order valence-corrected chi connectivity index (χ4v) is 1.83. The van der Waals surface area contributed by atoms with Crippen LogP contribution in [0.1, 0.15) is 26.7 Å². The van der Waals surface area contributed by atoms with E-state index in [1.54, 1.807) is 0 Å². The molecule has 1 unspecified atom stereocenters. The van der Waals surface area contributed by atoms with E-state index < -0.39 is 0 Å². The first-order valence-corrected chi connectivity index (χ1v) is 7.39. The summed E-state index contributed by atoms with van der Waals surface area (Å²) in [6.45, 7) is 4.78. The molecule has 0 radical (unpaired) electrons. The molecule has 0 aliphatic rings. The van der Waals surface area contributed by atoms with Gasteiger partial charge < -0.3 is 14.2 Å². The van der Waals surface area contributed by atoms with Crippen LogP contribution in [0.25, 0.3) is 0 Å². The Morgan fingerprint density at radius 2 is 1.48 bits per heavy atom. The van der Waals surface area contributed by atoms with Crippen LogP contribution in [0, 0.1) is 0 Å². The average molecular weight is 286 g/mol. The summed E-state index contributed by atoms with van der Waals surface area (Å²) in [5, 5.41) is 0. The summed E-state index contributed by atoms with van der Waals surface area (Å²) in [4.78, 5) is 0. The molecule has 0 aliphatic heterocycles. The van der Waals surface area contributed by atoms with Crippen molar-refractivity contribution in [2.75, 3.05) is 6.61 Å². The van der Waals surface area contributed by atoms with Crippen molar-refractivity contribution in [1.82, 2.24) is 0 Å². The van der Waals surface area contributed by atoms with Gasteiger partial charge >= 0.3 is 0 Å². The van der Waals surface area contributed by atoms with Crippen LogP contribution in [0.2, 0.25) is 0 Å². The minimum atomic E-state index is -0.238. The summed E-state index contributed by atoms with van der Waals surface area (Å²) >= 11 is 0. The molecule has 1 atom stereocenters. The molecule has 0 bridgehead atoms. The van der Waals surface area contributed by atoms with Crippen LogP contribution in [0.15, 0.2) is 54.6 Å². The summed E-state index contributed by atoms with van der Waals surface area (Å²) < 4.78 is 17.0. The topological polar surface area (TPSA) is 27.7 Å². The zero-order chi connectivity index (χ0) is 14.9. The molecule has 0 aliphatic carbocycles. The molecule has 0 saturated carbocycles. The molecule has 3 nitrogen and oxygen atoms in total. The first-order chi connectivity index (χ1) is 10.3. The quantitative estimate of drug-likeness (QED) is 0.503. The monoisotopic (exact) mass is 286 g/mol. The van der Waals surface area contributed by atoms with Gasteiger partial charge in [0.25, 0.3) is 0 Å². The first kappa shape index (κ1) is 15.4. The van der Waals surface area contributed by atoms with Gasteiger partial charge in [-0.25, -0.2) is 0 Å². The summed E-state index contributed by atoms with van der Waals surface area (Å²) in [7, 11) is 0. The van der Waals surface area contributed by atoms with Crippen LogP contribution in [-0.2, 0) is 4.74 Å². The molecule has 3 heteroatoms. The highest BCUT2D eigenvalue weighted by molar-refractivity contribution is 5.35. The van der Waals surface area contributed by atoms with Gasteiger partial charge in [-0.2, -0.15) is 0 Å². The Hall–Kier alpha value is -2.00. The lowest BCUT2D eigenvalue weighted by Crippen LogP contribution is -2.16. The second kappa shape index (κ2) is 8.32. The molecule has 112 valence electrons. The van der Waals surface area contributed by atoms with Crippen LogP contribution in [0.4, 0.5) is 0 Å². The SMILES string of the molecule is CCCCOC(C)Oc1ccc(Oc2ccccc2)cc1. The number of benzene rings is 2. The maximum Gasteiger partial charge on any atom is 0.196 e. The third-order valence-electron chi connectivity index (χ3n) is 2.96. The predicted molar refractivity (Wildman–Crippen MR) is 83.9 cm³/mol. The van der Waals surface area contributed by atoms with E-state index >= 15 is 0 Å². The second-order valence-corrected chi connectivity index (χ2v) is 4.80. The Kier molecular flexibility index (Phi) is 6.10. The normalized spacial score (nSPS) is 11.9. The number of hydrogen-bond acceptors (Lipinski definition) is 3. The lowest BCUT2D eigenvalue weighted by molar-refractivity contribution is -0.0673. The molecule has 0 heterocycles. The molecule has 0 aromatic heterocycles. The maximum atomic E-state index is 5.73. The average Bonchev–Trinajstić information content (AvgIpc) is 2.51. The number of ether oxygens (including phenoxy) is 3. The first-order valence-electron chi connectivity index (χ1n) is 7.39. The van der Waals surface area contributed by atoms with Crippen LogP contribution >= 0.6 is 0 Å². The van der Waals surface area contributed by atoms with Crippen molar-refractivity contribution in [1.29, 1.82) is 0 Å². The molecule has 2 aromatic carbocycles. The van der Waals surface area contributed by atoms with E-state index in [0.29, 0.717) is 0 Å². The summed E-state index contributed by atoms with van der Waals surface area (Å²) in [6.07, 6.45) is 1.94. The Labute approximate surface area is 126 Å². The van der Waals surface area contributed by atoms with Gasteiger partial charge in [0.2, 0.25) is 0 Å². The van der Waals surface area contributed by atoms with E-state index in [1.807, 2.05) is 61.5 Å². The van der Waals surface area contributed by atoms with Crippen molar-refractivity contribution in [3.63, 3.8) is 0 Å². The number of hydrogen-bond donors (Lipinski definition) is 0. The molecule has 0 fully saturated rings. The second-order valence-electron chi connectivity index (χ2n) is 4.80. The molecule has 21 heavy (non-hydrogen) atoms. The lowest BCUT2D eigenvalue weighted by atomic mass is 10.3. The highest BCUT2D eigenvalue weighted by Gasteiger charge is 2.04. The fourth-order valence-electron chi connectivity index (χ4n) is 1.83. The number of para-hydroxylation sites is 1. The van der Waals surface area contributed by atoms with Crippen molar-refractivity contribution in [3.05, 3.63) is 54.6 Å². The van der Waals surface area contributed by atoms with Crippen molar-refractivity contribution in [3.8, 4) is 17.2 Å². The third-order valence-corrected chi connectivity index (χ3v) is 2.96. The minimum absolute atomic E-state index is 0.238. The summed E-state index contributed by atoms with van der Waals surface area (Å²) in [6, 6.07) is 17.3. The van der Waals surface area contributed by atoms with E-state index in [9.17, 15) is 0 Å². The van der Waals surface area contributed by atoms with Gasteiger partial charge in [0.05, 0.1) is 6.61 Å². The zero-order valence-electron chi connectivity index (χ0n) is 12.6. The van der Waals surface area contributed by atoms with E-state index in [2.05, 4.69) is 6.92 Å². The van der Waals surface area contributed by atoms with Crippen LogP contribution in [0.3, 0.4) is 0 Å². The van der Waals surface area contributed by atoms with Gasteiger partial charge in [0.1, 0.15) is 17.2 Å². The summed E-state index contributed by atoms with van der Waals surface area (Å²) in [5.74, 6) is 2.38. The van der Waals surface area contributed by atoms with Crippen molar-refractivity contribution < 1.29 is 14.2 Å². The largest absolute Gasteiger partial charge is 0.465 e. The van der Waals surface area contributed by atoms with Crippen LogP contribution in [0.5, 0.6) is 17.2 Å². The number of unbranched alkanes of at least 4 members (excludes halogenated alkanes) is 1. The van der Waals surface area contributed by atoms with E-state index in [-0.39, 0.29) is 6.29 Å². The van der Waals surface area contributed by atoms with Gasteiger partial charge in [-0.1, -0.05) is 31.5 Å².